The lowest BCUT2D eigenvalue weighted by Crippen LogP contribution is -2.67. The van der Waals surface area contributed by atoms with Crippen LogP contribution in [0.25, 0.3) is 10.2 Å². The molecule has 5 nitrogen and oxygen atoms in total. The molecule has 1 N–H and O–H groups in total. The zero-order valence-electron chi connectivity index (χ0n) is 17.3. The SMILES string of the molecule is C[C@@]1(C(=O)NC2CCCC2)Cn2c(cc3sccc32)C(=O)N1C1CCCCCC1. The molecule has 6 heteroatoms. The Kier molecular flexibility index (Phi) is 4.93. The van der Waals surface area contributed by atoms with Gasteiger partial charge in [0.15, 0.2) is 0 Å². The maximum absolute atomic E-state index is 13.8. The first-order valence-electron chi connectivity index (χ1n) is 11.3. The Labute approximate surface area is 176 Å². The van der Waals surface area contributed by atoms with E-state index in [1.165, 1.54) is 25.7 Å². The first-order valence-corrected chi connectivity index (χ1v) is 12.2. The zero-order valence-corrected chi connectivity index (χ0v) is 18.1. The summed E-state index contributed by atoms with van der Waals surface area (Å²) in [7, 11) is 0. The summed E-state index contributed by atoms with van der Waals surface area (Å²) in [4.78, 5) is 29.4. The number of amides is 2. The standard InChI is InChI=1S/C23H31N3O2S/c1-23(22(28)24-16-8-6-7-9-16)15-25-18-12-13-29-20(18)14-19(25)21(27)26(23)17-10-4-2-3-5-11-17/h12-14,16-17H,2-11,15H2,1H3,(H,24,28)/t23-/m0/s1. The molecule has 156 valence electrons. The van der Waals surface area contributed by atoms with E-state index in [1.807, 2.05) is 17.9 Å². The molecule has 29 heavy (non-hydrogen) atoms. The Bertz CT molecular complexity index is 918. The molecule has 2 amide bonds. The number of carbonyl (C=O) groups is 2. The molecule has 3 aliphatic rings. The fourth-order valence-corrected chi connectivity index (χ4v) is 6.56. The van der Waals surface area contributed by atoms with Crippen LogP contribution in [0.4, 0.5) is 0 Å². The molecule has 1 aliphatic heterocycles. The highest BCUT2D eigenvalue weighted by Crippen LogP contribution is 2.38. The fourth-order valence-electron chi connectivity index (χ4n) is 5.73. The van der Waals surface area contributed by atoms with Gasteiger partial charge >= 0.3 is 0 Å². The highest BCUT2D eigenvalue weighted by atomic mass is 32.1. The van der Waals surface area contributed by atoms with E-state index in [4.69, 9.17) is 0 Å². The number of carbonyl (C=O) groups excluding carboxylic acids is 2. The second kappa shape index (κ2) is 7.46. The molecule has 2 aromatic heterocycles. The van der Waals surface area contributed by atoms with Crippen LogP contribution in [0.2, 0.25) is 0 Å². The number of rotatable bonds is 3. The third-order valence-electron chi connectivity index (χ3n) is 7.33. The van der Waals surface area contributed by atoms with E-state index in [9.17, 15) is 9.59 Å². The van der Waals surface area contributed by atoms with Crippen molar-refractivity contribution < 1.29 is 9.59 Å². The molecule has 5 rings (SSSR count). The fraction of sp³-hybridized carbons (Fsp3) is 0.652. The van der Waals surface area contributed by atoms with Gasteiger partial charge in [0.2, 0.25) is 5.91 Å². The first kappa shape index (κ1) is 19.2. The molecule has 3 heterocycles. The van der Waals surface area contributed by atoms with Crippen LogP contribution in [0, 0.1) is 0 Å². The summed E-state index contributed by atoms with van der Waals surface area (Å²) in [6.07, 6.45) is 11.3. The maximum atomic E-state index is 13.8. The van der Waals surface area contributed by atoms with Crippen LogP contribution in [0.3, 0.4) is 0 Å². The van der Waals surface area contributed by atoms with Crippen LogP contribution in [-0.2, 0) is 11.3 Å². The van der Waals surface area contributed by atoms with Crippen LogP contribution in [0.1, 0.15) is 81.6 Å². The monoisotopic (exact) mass is 413 g/mol. The van der Waals surface area contributed by atoms with Gasteiger partial charge in [0, 0.05) is 12.1 Å². The zero-order chi connectivity index (χ0) is 20.0. The highest BCUT2D eigenvalue weighted by Gasteiger charge is 2.50. The molecular weight excluding hydrogens is 382 g/mol. The van der Waals surface area contributed by atoms with Crippen molar-refractivity contribution >= 4 is 33.4 Å². The van der Waals surface area contributed by atoms with Crippen molar-refractivity contribution in [1.29, 1.82) is 0 Å². The van der Waals surface area contributed by atoms with Crippen molar-refractivity contribution in [3.05, 3.63) is 23.2 Å². The van der Waals surface area contributed by atoms with Crippen LogP contribution in [0.5, 0.6) is 0 Å². The molecule has 0 bridgehead atoms. The third kappa shape index (κ3) is 3.20. The summed E-state index contributed by atoms with van der Waals surface area (Å²) < 4.78 is 3.23. The average molecular weight is 414 g/mol. The summed E-state index contributed by atoms with van der Waals surface area (Å²) in [5.41, 5.74) is 0.997. The Morgan fingerprint density at radius 2 is 1.79 bits per heavy atom. The normalized spacial score (nSPS) is 26.7. The van der Waals surface area contributed by atoms with Crippen molar-refractivity contribution in [3.8, 4) is 0 Å². The summed E-state index contributed by atoms with van der Waals surface area (Å²) in [6, 6.07) is 4.53. The predicted molar refractivity (Wildman–Crippen MR) is 116 cm³/mol. The summed E-state index contributed by atoms with van der Waals surface area (Å²) in [5, 5.41) is 5.38. The topological polar surface area (TPSA) is 54.3 Å². The second-order valence-electron chi connectivity index (χ2n) is 9.34. The molecule has 0 saturated heterocycles. The number of hydrogen-bond donors (Lipinski definition) is 1. The second-order valence-corrected chi connectivity index (χ2v) is 10.3. The van der Waals surface area contributed by atoms with Crippen molar-refractivity contribution in [2.75, 3.05) is 0 Å². The third-order valence-corrected chi connectivity index (χ3v) is 8.18. The van der Waals surface area contributed by atoms with Gasteiger partial charge in [-0.05, 0) is 50.1 Å². The minimum Gasteiger partial charge on any atom is -0.351 e. The molecular formula is C23H31N3O2S. The lowest BCUT2D eigenvalue weighted by Gasteiger charge is -2.48. The summed E-state index contributed by atoms with van der Waals surface area (Å²) in [5.74, 6) is 0.0698. The Morgan fingerprint density at radius 3 is 2.52 bits per heavy atom. The molecule has 0 radical (unpaired) electrons. The summed E-state index contributed by atoms with van der Waals surface area (Å²) >= 11 is 1.67. The minimum atomic E-state index is -0.838. The van der Waals surface area contributed by atoms with Gasteiger partial charge in [-0.1, -0.05) is 38.5 Å². The van der Waals surface area contributed by atoms with E-state index < -0.39 is 5.54 Å². The van der Waals surface area contributed by atoms with Crippen molar-refractivity contribution in [3.63, 3.8) is 0 Å². The van der Waals surface area contributed by atoms with Gasteiger partial charge in [0.05, 0.1) is 16.8 Å². The number of aromatic nitrogens is 1. The number of thiophene rings is 1. The number of fused-ring (bicyclic) bond motifs is 3. The molecule has 2 aliphatic carbocycles. The number of nitrogens with zero attached hydrogens (tertiary/aromatic N) is 2. The molecule has 2 aromatic rings. The van der Waals surface area contributed by atoms with Gasteiger partial charge in [-0.25, -0.2) is 0 Å². The Morgan fingerprint density at radius 1 is 1.10 bits per heavy atom. The largest absolute Gasteiger partial charge is 0.351 e. The Hall–Kier alpha value is -1.82. The van der Waals surface area contributed by atoms with E-state index in [2.05, 4.69) is 21.3 Å². The van der Waals surface area contributed by atoms with E-state index >= 15 is 0 Å². The van der Waals surface area contributed by atoms with Crippen molar-refractivity contribution in [2.24, 2.45) is 0 Å². The van der Waals surface area contributed by atoms with E-state index in [1.54, 1.807) is 11.3 Å². The van der Waals surface area contributed by atoms with Gasteiger partial charge in [-0.3, -0.25) is 9.59 Å². The van der Waals surface area contributed by atoms with E-state index in [0.717, 1.165) is 54.4 Å². The number of hydrogen-bond acceptors (Lipinski definition) is 3. The number of nitrogens with one attached hydrogen (secondary N) is 1. The molecule has 1 atom stereocenters. The van der Waals surface area contributed by atoms with E-state index in [-0.39, 0.29) is 23.9 Å². The van der Waals surface area contributed by atoms with Gasteiger partial charge in [-0.2, -0.15) is 0 Å². The summed E-state index contributed by atoms with van der Waals surface area (Å²) in [6.45, 7) is 2.55. The lowest BCUT2D eigenvalue weighted by molar-refractivity contribution is -0.135. The van der Waals surface area contributed by atoms with Crippen LogP contribution in [-0.4, -0.2) is 38.9 Å². The highest BCUT2D eigenvalue weighted by molar-refractivity contribution is 7.17. The first-order chi connectivity index (χ1) is 14.1. The van der Waals surface area contributed by atoms with Gasteiger partial charge < -0.3 is 14.8 Å². The molecule has 0 aromatic carbocycles. The van der Waals surface area contributed by atoms with Gasteiger partial charge in [-0.15, -0.1) is 11.3 Å². The van der Waals surface area contributed by atoms with Crippen LogP contribution >= 0.6 is 11.3 Å². The molecule has 2 saturated carbocycles. The average Bonchev–Trinajstić information content (AvgIpc) is 3.38. The van der Waals surface area contributed by atoms with Gasteiger partial charge in [0.1, 0.15) is 11.2 Å². The van der Waals surface area contributed by atoms with Crippen molar-refractivity contribution in [1.82, 2.24) is 14.8 Å². The van der Waals surface area contributed by atoms with Crippen LogP contribution < -0.4 is 5.32 Å². The lowest BCUT2D eigenvalue weighted by atomic mass is 9.90. The van der Waals surface area contributed by atoms with Gasteiger partial charge in [0.25, 0.3) is 5.91 Å². The molecule has 0 unspecified atom stereocenters. The van der Waals surface area contributed by atoms with Crippen molar-refractivity contribution in [2.45, 2.75) is 95.3 Å². The minimum absolute atomic E-state index is 0.0322. The molecule has 0 spiro atoms. The predicted octanol–water partition coefficient (Wildman–Crippen LogP) is 4.70. The quantitative estimate of drug-likeness (QED) is 0.742. The maximum Gasteiger partial charge on any atom is 0.271 e. The Balaban J connectivity index is 1.55. The molecule has 2 fully saturated rings. The smallest absolute Gasteiger partial charge is 0.271 e. The van der Waals surface area contributed by atoms with Crippen LogP contribution in [0.15, 0.2) is 17.5 Å². The van der Waals surface area contributed by atoms with E-state index in [0.29, 0.717) is 6.54 Å².